The minimum atomic E-state index is 0.514. The van der Waals surface area contributed by atoms with Crippen LogP contribution in [-0.4, -0.2) is 4.57 Å². The van der Waals surface area contributed by atoms with Crippen LogP contribution in [-0.2, 0) is 25.9 Å². The normalized spacial score (nSPS) is 12.1. The molecule has 292 valence electrons. The van der Waals surface area contributed by atoms with E-state index < -0.39 is 0 Å². The van der Waals surface area contributed by atoms with Gasteiger partial charge in [-0.15, -0.1) is 0 Å². The summed E-state index contributed by atoms with van der Waals surface area (Å²) >= 11 is 0. The van der Waals surface area contributed by atoms with Crippen LogP contribution in [0.4, 0.5) is 0 Å². The first-order valence-electron chi connectivity index (χ1n) is 22.9. The van der Waals surface area contributed by atoms with Crippen molar-refractivity contribution in [1.29, 1.82) is 0 Å². The first kappa shape index (κ1) is 44.0. The first-order chi connectivity index (χ1) is 25.7. The SMILES string of the molecule is CCCCCCCCCCCCCCCCC[n+]1cc(CC(C)c2ccccc2)n(CCCCCCCCCCCCCC)c1Cc1ccccc1. The number of rotatable bonds is 34. The van der Waals surface area contributed by atoms with E-state index in [1.807, 2.05) is 0 Å². The summed E-state index contributed by atoms with van der Waals surface area (Å²) in [4.78, 5) is 0. The van der Waals surface area contributed by atoms with Crippen LogP contribution < -0.4 is 4.57 Å². The van der Waals surface area contributed by atoms with Gasteiger partial charge in [0.05, 0.1) is 19.5 Å². The average Bonchev–Trinajstić information content (AvgIpc) is 3.48. The lowest BCUT2D eigenvalue weighted by Crippen LogP contribution is -2.37. The van der Waals surface area contributed by atoms with Gasteiger partial charge < -0.3 is 0 Å². The smallest absolute Gasteiger partial charge is 0.234 e. The standard InChI is InChI=1S/C50H83N2/c1-4-6-8-10-12-14-16-18-19-20-21-23-25-27-35-41-51-45-49(43-46(3)48-39-33-30-34-40-48)52(50(51)44-47-37-31-29-32-38-47)42-36-28-26-24-22-17-15-13-11-9-7-5-2/h29-34,37-40,45-46H,4-28,35-36,41-44H2,1-3H3/q+1. The predicted molar refractivity (Wildman–Crippen MR) is 228 cm³/mol. The lowest BCUT2D eigenvalue weighted by molar-refractivity contribution is -0.704. The van der Waals surface area contributed by atoms with E-state index in [1.165, 1.54) is 196 Å². The van der Waals surface area contributed by atoms with Crippen molar-refractivity contribution in [2.24, 2.45) is 0 Å². The van der Waals surface area contributed by atoms with Gasteiger partial charge in [0.25, 0.3) is 5.82 Å². The first-order valence-corrected chi connectivity index (χ1v) is 22.9. The van der Waals surface area contributed by atoms with E-state index in [9.17, 15) is 0 Å². The van der Waals surface area contributed by atoms with Gasteiger partial charge in [0.15, 0.2) is 0 Å². The molecule has 1 unspecified atom stereocenters. The Balaban J connectivity index is 1.51. The van der Waals surface area contributed by atoms with Crippen molar-refractivity contribution >= 4 is 0 Å². The fourth-order valence-corrected chi connectivity index (χ4v) is 8.23. The van der Waals surface area contributed by atoms with Crippen LogP contribution in [0.3, 0.4) is 0 Å². The quantitative estimate of drug-likeness (QED) is 0.0431. The summed E-state index contributed by atoms with van der Waals surface area (Å²) in [6.45, 7) is 9.35. The van der Waals surface area contributed by atoms with Crippen LogP contribution in [0.1, 0.15) is 223 Å². The van der Waals surface area contributed by atoms with Gasteiger partial charge in [0.2, 0.25) is 0 Å². The number of hydrogen-bond acceptors (Lipinski definition) is 0. The highest BCUT2D eigenvalue weighted by Gasteiger charge is 2.25. The largest absolute Gasteiger partial charge is 0.261 e. The van der Waals surface area contributed by atoms with E-state index >= 15 is 0 Å². The van der Waals surface area contributed by atoms with E-state index in [4.69, 9.17) is 0 Å². The lowest BCUT2D eigenvalue weighted by Gasteiger charge is -2.12. The molecule has 0 spiro atoms. The Kier molecular flexibility index (Phi) is 25.4. The molecule has 0 bridgehead atoms. The fraction of sp³-hybridized carbons (Fsp3) is 0.700. The third-order valence-corrected chi connectivity index (χ3v) is 11.6. The van der Waals surface area contributed by atoms with Crippen molar-refractivity contribution in [2.75, 3.05) is 0 Å². The maximum Gasteiger partial charge on any atom is 0.261 e. The summed E-state index contributed by atoms with van der Waals surface area (Å²) in [7, 11) is 0. The van der Waals surface area contributed by atoms with Crippen LogP contribution in [0.5, 0.6) is 0 Å². The minimum absolute atomic E-state index is 0.514. The molecule has 1 atom stereocenters. The molecule has 0 aliphatic heterocycles. The van der Waals surface area contributed by atoms with Gasteiger partial charge in [-0.25, -0.2) is 9.13 Å². The Morgan fingerprint density at radius 1 is 0.481 bits per heavy atom. The van der Waals surface area contributed by atoms with Crippen LogP contribution in [0.2, 0.25) is 0 Å². The van der Waals surface area contributed by atoms with Crippen molar-refractivity contribution in [3.8, 4) is 0 Å². The maximum atomic E-state index is 2.76. The summed E-state index contributed by atoms with van der Waals surface area (Å²) in [5.41, 5.74) is 4.43. The number of nitrogens with zero attached hydrogens (tertiary/aromatic N) is 2. The molecule has 2 nitrogen and oxygen atoms in total. The van der Waals surface area contributed by atoms with Gasteiger partial charge in [0.1, 0.15) is 11.9 Å². The number of imidazole rings is 1. The second-order valence-corrected chi connectivity index (χ2v) is 16.4. The van der Waals surface area contributed by atoms with E-state index in [1.54, 1.807) is 0 Å². The van der Waals surface area contributed by atoms with Crippen molar-refractivity contribution in [2.45, 2.75) is 226 Å². The number of aromatic nitrogens is 2. The summed E-state index contributed by atoms with van der Waals surface area (Å²) < 4.78 is 5.43. The average molecular weight is 712 g/mol. The zero-order chi connectivity index (χ0) is 36.7. The van der Waals surface area contributed by atoms with Crippen LogP contribution in [0.15, 0.2) is 66.9 Å². The van der Waals surface area contributed by atoms with Crippen molar-refractivity contribution in [3.05, 3.63) is 89.5 Å². The molecule has 0 amide bonds. The van der Waals surface area contributed by atoms with Crippen molar-refractivity contribution in [1.82, 2.24) is 4.57 Å². The Labute approximate surface area is 323 Å². The zero-order valence-electron chi connectivity index (χ0n) is 34.7. The van der Waals surface area contributed by atoms with Crippen molar-refractivity contribution < 1.29 is 4.57 Å². The fourth-order valence-electron chi connectivity index (χ4n) is 8.23. The molecule has 0 saturated heterocycles. The molecule has 0 N–H and O–H groups in total. The minimum Gasteiger partial charge on any atom is -0.234 e. The van der Waals surface area contributed by atoms with Crippen molar-refractivity contribution in [3.63, 3.8) is 0 Å². The summed E-state index contributed by atoms with van der Waals surface area (Å²) in [6, 6.07) is 22.4. The number of benzene rings is 2. The monoisotopic (exact) mass is 712 g/mol. The summed E-state index contributed by atoms with van der Waals surface area (Å²) in [5, 5.41) is 0. The third kappa shape index (κ3) is 19.6. The molecule has 2 aromatic carbocycles. The molecule has 2 heteroatoms. The molecule has 3 rings (SSSR count). The molecule has 0 fully saturated rings. The van der Waals surface area contributed by atoms with E-state index in [0.717, 1.165) is 25.9 Å². The molecule has 0 aliphatic rings. The molecular formula is C50H83N2+. The van der Waals surface area contributed by atoms with Crippen LogP contribution in [0, 0.1) is 0 Å². The molecule has 1 heterocycles. The molecule has 1 aromatic heterocycles. The highest BCUT2D eigenvalue weighted by molar-refractivity contribution is 5.22. The molecule has 3 aromatic rings. The Morgan fingerprint density at radius 2 is 0.885 bits per heavy atom. The van der Waals surface area contributed by atoms with E-state index in [-0.39, 0.29) is 0 Å². The number of unbranched alkanes of at least 4 members (excludes halogenated alkanes) is 25. The Bertz CT molecular complexity index is 1210. The second kappa shape index (κ2) is 30.0. The predicted octanol–water partition coefficient (Wildman–Crippen LogP) is 15.3. The van der Waals surface area contributed by atoms with Gasteiger partial charge in [0, 0.05) is 6.42 Å². The number of hydrogen-bond donors (Lipinski definition) is 0. The van der Waals surface area contributed by atoms with E-state index in [2.05, 4.69) is 96.8 Å². The summed E-state index contributed by atoms with van der Waals surface area (Å²) in [5.74, 6) is 2.04. The summed E-state index contributed by atoms with van der Waals surface area (Å²) in [6.07, 6.45) is 42.8. The second-order valence-electron chi connectivity index (χ2n) is 16.4. The lowest BCUT2D eigenvalue weighted by atomic mass is 9.96. The van der Waals surface area contributed by atoms with Gasteiger partial charge >= 0.3 is 0 Å². The van der Waals surface area contributed by atoms with Gasteiger partial charge in [-0.2, -0.15) is 0 Å². The molecule has 52 heavy (non-hydrogen) atoms. The number of aryl methyl sites for hydroxylation is 1. The molecule has 0 saturated carbocycles. The topological polar surface area (TPSA) is 8.81 Å². The maximum absolute atomic E-state index is 2.76. The van der Waals surface area contributed by atoms with Crippen LogP contribution >= 0.6 is 0 Å². The van der Waals surface area contributed by atoms with E-state index in [0.29, 0.717) is 5.92 Å². The van der Waals surface area contributed by atoms with Gasteiger partial charge in [-0.05, 0) is 42.7 Å². The Hall–Kier alpha value is -2.35. The molecule has 0 aliphatic carbocycles. The third-order valence-electron chi connectivity index (χ3n) is 11.6. The van der Waals surface area contributed by atoms with Crippen LogP contribution in [0.25, 0.3) is 0 Å². The highest BCUT2D eigenvalue weighted by Crippen LogP contribution is 2.23. The van der Waals surface area contributed by atoms with Gasteiger partial charge in [-0.3, -0.25) is 0 Å². The molecular weight excluding hydrogens is 629 g/mol. The zero-order valence-corrected chi connectivity index (χ0v) is 34.7. The Morgan fingerprint density at radius 3 is 1.35 bits per heavy atom. The molecule has 0 radical (unpaired) electrons. The highest BCUT2D eigenvalue weighted by atomic mass is 15.2. The van der Waals surface area contributed by atoms with Gasteiger partial charge in [-0.1, -0.05) is 229 Å².